The Morgan fingerprint density at radius 3 is 2.42 bits per heavy atom. The highest BCUT2D eigenvalue weighted by molar-refractivity contribution is 7.89. The smallest absolute Gasteiger partial charge is 0.235 e. The normalized spacial score (nSPS) is 32.3. The Hall–Kier alpha value is -0.130. The predicted molar refractivity (Wildman–Crippen MR) is 44.1 cm³/mol. The Balaban J connectivity index is 2.06. The molecule has 1 saturated carbocycles. The van der Waals surface area contributed by atoms with Gasteiger partial charge in [0, 0.05) is 6.54 Å². The lowest BCUT2D eigenvalue weighted by Crippen LogP contribution is -2.50. The summed E-state index contributed by atoms with van der Waals surface area (Å²) in [6, 6.07) is 0. The van der Waals surface area contributed by atoms with E-state index in [0.29, 0.717) is 6.54 Å². The lowest BCUT2D eigenvalue weighted by atomic mass is 10.0. The number of hydrogen-bond acceptors (Lipinski definition) is 3. The minimum atomic E-state index is -3.12. The molecule has 70 valence electrons. The van der Waals surface area contributed by atoms with Crippen molar-refractivity contribution in [3.05, 3.63) is 0 Å². The molecular weight excluding hydrogens is 178 g/mol. The van der Waals surface area contributed by atoms with Gasteiger partial charge in [0.15, 0.2) is 5.94 Å². The second-order valence-corrected chi connectivity index (χ2v) is 5.34. The van der Waals surface area contributed by atoms with Gasteiger partial charge in [-0.15, -0.1) is 0 Å². The van der Waals surface area contributed by atoms with E-state index in [-0.39, 0.29) is 11.5 Å². The van der Waals surface area contributed by atoms with Crippen LogP contribution in [0.15, 0.2) is 0 Å². The van der Waals surface area contributed by atoms with E-state index in [0.717, 1.165) is 25.7 Å². The van der Waals surface area contributed by atoms with E-state index in [1.54, 1.807) is 0 Å². The van der Waals surface area contributed by atoms with Crippen molar-refractivity contribution in [2.45, 2.75) is 31.3 Å². The molecule has 1 spiro atoms. The van der Waals surface area contributed by atoms with Gasteiger partial charge in [0.05, 0.1) is 5.60 Å². The molecule has 0 bridgehead atoms. The zero-order chi connectivity index (χ0) is 8.66. The first kappa shape index (κ1) is 8.47. The Bertz CT molecular complexity index is 250. The molecule has 0 aromatic rings. The van der Waals surface area contributed by atoms with Crippen LogP contribution in [0.3, 0.4) is 0 Å². The standard InChI is InChI=1S/C7H13NO3S/c9-12(10)6-11-7(5-8-12)3-1-2-4-7/h8H,1-6H2. The Kier molecular flexibility index (Phi) is 1.89. The van der Waals surface area contributed by atoms with Crippen molar-refractivity contribution < 1.29 is 13.2 Å². The number of hydrogen-bond donors (Lipinski definition) is 1. The molecule has 1 saturated heterocycles. The van der Waals surface area contributed by atoms with Crippen LogP contribution in [0.1, 0.15) is 25.7 Å². The molecule has 1 N–H and O–H groups in total. The molecular formula is C7H13NO3S. The predicted octanol–water partition coefficient (Wildman–Crippen LogP) is 0.206. The average molecular weight is 191 g/mol. The summed E-state index contributed by atoms with van der Waals surface area (Å²) >= 11 is 0. The quantitative estimate of drug-likeness (QED) is 0.595. The fraction of sp³-hybridized carbons (Fsp3) is 1.00. The van der Waals surface area contributed by atoms with E-state index < -0.39 is 10.0 Å². The van der Waals surface area contributed by atoms with Gasteiger partial charge in [-0.25, -0.2) is 13.1 Å². The summed E-state index contributed by atoms with van der Waals surface area (Å²) in [5.41, 5.74) is -0.161. The molecule has 1 aliphatic heterocycles. The lowest BCUT2D eigenvalue weighted by Gasteiger charge is -2.33. The van der Waals surface area contributed by atoms with Crippen molar-refractivity contribution in [1.29, 1.82) is 0 Å². The van der Waals surface area contributed by atoms with Gasteiger partial charge in [-0.05, 0) is 12.8 Å². The molecule has 0 radical (unpaired) electrons. The third kappa shape index (κ3) is 1.48. The van der Waals surface area contributed by atoms with Gasteiger partial charge < -0.3 is 4.74 Å². The van der Waals surface area contributed by atoms with Crippen LogP contribution in [0.4, 0.5) is 0 Å². The first-order valence-corrected chi connectivity index (χ1v) is 5.89. The number of rotatable bonds is 0. The maximum absolute atomic E-state index is 11.0. The lowest BCUT2D eigenvalue weighted by molar-refractivity contribution is -0.0212. The van der Waals surface area contributed by atoms with Crippen molar-refractivity contribution >= 4 is 10.0 Å². The molecule has 4 nitrogen and oxygen atoms in total. The average Bonchev–Trinajstić information content (AvgIpc) is 2.46. The summed E-state index contributed by atoms with van der Waals surface area (Å²) in [4.78, 5) is 0. The number of ether oxygens (including phenoxy) is 1. The van der Waals surface area contributed by atoms with E-state index in [2.05, 4.69) is 4.72 Å². The monoisotopic (exact) mass is 191 g/mol. The molecule has 2 rings (SSSR count). The second kappa shape index (κ2) is 2.68. The van der Waals surface area contributed by atoms with Crippen LogP contribution in [-0.4, -0.2) is 26.5 Å². The van der Waals surface area contributed by atoms with Crippen molar-refractivity contribution in [2.24, 2.45) is 0 Å². The largest absolute Gasteiger partial charge is 0.356 e. The first-order chi connectivity index (χ1) is 5.62. The molecule has 2 fully saturated rings. The summed E-state index contributed by atoms with van der Waals surface area (Å²) in [5, 5.41) is 0. The van der Waals surface area contributed by atoms with Crippen LogP contribution in [-0.2, 0) is 14.8 Å². The van der Waals surface area contributed by atoms with Crippen molar-refractivity contribution in [3.63, 3.8) is 0 Å². The first-order valence-electron chi connectivity index (χ1n) is 4.23. The highest BCUT2D eigenvalue weighted by Gasteiger charge is 2.40. The molecule has 0 amide bonds. The van der Waals surface area contributed by atoms with Crippen molar-refractivity contribution in [3.8, 4) is 0 Å². The van der Waals surface area contributed by atoms with Crippen LogP contribution in [0.25, 0.3) is 0 Å². The van der Waals surface area contributed by atoms with Crippen LogP contribution in [0, 0.1) is 0 Å². The summed E-state index contributed by atoms with van der Waals surface area (Å²) in [7, 11) is -3.12. The highest BCUT2D eigenvalue weighted by Crippen LogP contribution is 2.34. The number of sulfonamides is 1. The van der Waals surface area contributed by atoms with E-state index >= 15 is 0 Å². The van der Waals surface area contributed by atoms with Crippen molar-refractivity contribution in [2.75, 3.05) is 12.5 Å². The number of nitrogens with one attached hydrogen (secondary N) is 1. The molecule has 0 unspecified atom stereocenters. The van der Waals surface area contributed by atoms with Gasteiger partial charge in [0.1, 0.15) is 0 Å². The van der Waals surface area contributed by atoms with Gasteiger partial charge in [-0.2, -0.15) is 0 Å². The molecule has 1 heterocycles. The maximum Gasteiger partial charge on any atom is 0.235 e. The zero-order valence-corrected chi connectivity index (χ0v) is 7.69. The molecule has 0 aromatic carbocycles. The summed E-state index contributed by atoms with van der Waals surface area (Å²) in [6.45, 7) is 0.468. The van der Waals surface area contributed by atoms with E-state index in [1.807, 2.05) is 0 Å². The molecule has 0 aromatic heterocycles. The molecule has 0 atom stereocenters. The summed E-state index contributed by atoms with van der Waals surface area (Å²) in [6.07, 6.45) is 4.30. The maximum atomic E-state index is 11.0. The van der Waals surface area contributed by atoms with Gasteiger partial charge in [0.25, 0.3) is 0 Å². The van der Waals surface area contributed by atoms with Crippen LogP contribution in [0.2, 0.25) is 0 Å². The van der Waals surface area contributed by atoms with Crippen LogP contribution in [0.5, 0.6) is 0 Å². The van der Waals surface area contributed by atoms with Crippen LogP contribution < -0.4 is 4.72 Å². The molecule has 1 aliphatic carbocycles. The minimum Gasteiger partial charge on any atom is -0.356 e. The topological polar surface area (TPSA) is 55.4 Å². The minimum absolute atomic E-state index is 0.160. The Morgan fingerprint density at radius 1 is 1.25 bits per heavy atom. The third-order valence-corrected chi connectivity index (χ3v) is 3.66. The molecule has 2 aliphatic rings. The van der Waals surface area contributed by atoms with Crippen molar-refractivity contribution in [1.82, 2.24) is 4.72 Å². The zero-order valence-electron chi connectivity index (χ0n) is 6.88. The molecule has 5 heteroatoms. The highest BCUT2D eigenvalue weighted by atomic mass is 32.2. The van der Waals surface area contributed by atoms with E-state index in [1.165, 1.54) is 0 Å². The Labute approximate surface area is 72.3 Å². The van der Waals surface area contributed by atoms with Gasteiger partial charge in [0.2, 0.25) is 10.0 Å². The van der Waals surface area contributed by atoms with Gasteiger partial charge in [-0.3, -0.25) is 0 Å². The fourth-order valence-corrected chi connectivity index (χ4v) is 2.85. The second-order valence-electron chi connectivity index (χ2n) is 3.59. The van der Waals surface area contributed by atoms with Gasteiger partial charge >= 0.3 is 0 Å². The van der Waals surface area contributed by atoms with Gasteiger partial charge in [-0.1, -0.05) is 12.8 Å². The fourth-order valence-electron chi connectivity index (χ4n) is 1.88. The van der Waals surface area contributed by atoms with E-state index in [9.17, 15) is 8.42 Å². The molecule has 12 heavy (non-hydrogen) atoms. The summed E-state index contributed by atoms with van der Waals surface area (Å²) < 4.78 is 29.8. The summed E-state index contributed by atoms with van der Waals surface area (Å²) in [5.74, 6) is -0.160. The SMILES string of the molecule is O=S1(=O)COC2(CCCC2)CN1. The third-order valence-electron chi connectivity index (χ3n) is 2.65. The van der Waals surface area contributed by atoms with Crippen LogP contribution >= 0.6 is 0 Å². The van der Waals surface area contributed by atoms with E-state index in [4.69, 9.17) is 4.74 Å². The Morgan fingerprint density at radius 2 is 1.92 bits per heavy atom.